The molecule has 4 heteroatoms. The molecule has 0 radical (unpaired) electrons. The summed E-state index contributed by atoms with van der Waals surface area (Å²) in [5.74, 6) is -1.94. The molecule has 0 spiro atoms. The molecule has 0 amide bonds. The molecule has 1 aliphatic rings. The number of aryl methyl sites for hydroxylation is 1. The summed E-state index contributed by atoms with van der Waals surface area (Å²) in [5.41, 5.74) is 1.17. The van der Waals surface area contributed by atoms with Crippen LogP contribution in [0.1, 0.15) is 76.0 Å². The molecule has 1 saturated heterocycles. The molecule has 1 heterocycles. The second-order valence-electron chi connectivity index (χ2n) is 8.16. The second kappa shape index (κ2) is 10.3. The van der Waals surface area contributed by atoms with Gasteiger partial charge >= 0.3 is 0 Å². The number of unbranched alkanes of at least 4 members (excludes halogenated alkanes) is 2. The van der Waals surface area contributed by atoms with Gasteiger partial charge in [-0.05, 0) is 49.7 Å². The fourth-order valence-corrected chi connectivity index (χ4v) is 4.11. The molecule has 0 bridgehead atoms. The van der Waals surface area contributed by atoms with Crippen LogP contribution >= 0.6 is 0 Å². The van der Waals surface area contributed by atoms with Crippen molar-refractivity contribution >= 4 is 0 Å². The van der Waals surface area contributed by atoms with Crippen molar-refractivity contribution in [3.63, 3.8) is 0 Å². The highest BCUT2D eigenvalue weighted by molar-refractivity contribution is 5.66. The van der Waals surface area contributed by atoms with Crippen LogP contribution in [0.15, 0.2) is 30.3 Å². The molecule has 0 aromatic heterocycles. The Morgan fingerprint density at radius 3 is 2.31 bits per heavy atom. The molecule has 0 aliphatic carbocycles. The highest BCUT2D eigenvalue weighted by Crippen LogP contribution is 2.37. The number of hydrogen-bond acceptors (Lipinski definition) is 1. The molecule has 0 N–H and O–H groups in total. The molecule has 2 aromatic carbocycles. The van der Waals surface area contributed by atoms with Crippen molar-refractivity contribution in [3.8, 4) is 11.1 Å². The van der Waals surface area contributed by atoms with Crippen LogP contribution < -0.4 is 0 Å². The average Bonchev–Trinajstić information content (AvgIpc) is 2.74. The number of benzene rings is 2. The van der Waals surface area contributed by atoms with Crippen LogP contribution in [0.3, 0.4) is 0 Å². The van der Waals surface area contributed by atoms with E-state index in [-0.39, 0.29) is 16.7 Å². The fourth-order valence-electron chi connectivity index (χ4n) is 4.11. The molecular formula is C25H31F3O. The summed E-state index contributed by atoms with van der Waals surface area (Å²) < 4.78 is 50.1. The molecule has 3 rings (SSSR count). The van der Waals surface area contributed by atoms with E-state index in [0.29, 0.717) is 18.9 Å². The van der Waals surface area contributed by atoms with Crippen LogP contribution in [0.5, 0.6) is 0 Å². The first kappa shape index (κ1) is 21.9. The summed E-state index contributed by atoms with van der Waals surface area (Å²) in [6, 6.07) is 7.80. The molecule has 2 unspecified atom stereocenters. The van der Waals surface area contributed by atoms with Gasteiger partial charge in [0.1, 0.15) is 5.82 Å². The molecular weight excluding hydrogens is 373 g/mol. The Morgan fingerprint density at radius 1 is 0.897 bits per heavy atom. The second-order valence-corrected chi connectivity index (χ2v) is 8.16. The zero-order valence-corrected chi connectivity index (χ0v) is 17.4. The van der Waals surface area contributed by atoms with Crippen LogP contribution in [0, 0.1) is 23.4 Å². The smallest absolute Gasteiger partial charge is 0.167 e. The largest absolute Gasteiger partial charge is 0.373 e. The highest BCUT2D eigenvalue weighted by atomic mass is 19.2. The first-order chi connectivity index (χ1) is 14.0. The predicted molar refractivity (Wildman–Crippen MR) is 111 cm³/mol. The summed E-state index contributed by atoms with van der Waals surface area (Å²) in [6.07, 6.45) is 7.42. The van der Waals surface area contributed by atoms with Gasteiger partial charge in [0.15, 0.2) is 11.6 Å². The molecule has 2 atom stereocenters. The van der Waals surface area contributed by atoms with Crippen molar-refractivity contribution in [1.29, 1.82) is 0 Å². The monoisotopic (exact) mass is 404 g/mol. The van der Waals surface area contributed by atoms with E-state index in [1.165, 1.54) is 18.6 Å². The zero-order chi connectivity index (χ0) is 20.8. The van der Waals surface area contributed by atoms with Crippen LogP contribution in [-0.4, -0.2) is 6.61 Å². The van der Waals surface area contributed by atoms with E-state index in [1.54, 1.807) is 18.2 Å². The normalized spacial score (nSPS) is 19.5. The molecule has 0 saturated carbocycles. The number of rotatable bonds is 8. The van der Waals surface area contributed by atoms with Crippen molar-refractivity contribution in [2.24, 2.45) is 5.92 Å². The summed E-state index contributed by atoms with van der Waals surface area (Å²) in [4.78, 5) is 0. The van der Waals surface area contributed by atoms with Gasteiger partial charge < -0.3 is 4.74 Å². The Morgan fingerprint density at radius 2 is 1.66 bits per heavy atom. The van der Waals surface area contributed by atoms with E-state index >= 15 is 0 Å². The summed E-state index contributed by atoms with van der Waals surface area (Å²) in [5, 5.41) is 0. The fraction of sp³-hybridized carbons (Fsp3) is 0.520. The quantitative estimate of drug-likeness (QED) is 0.437. The van der Waals surface area contributed by atoms with Crippen molar-refractivity contribution < 1.29 is 17.9 Å². The Labute approximate surface area is 172 Å². The van der Waals surface area contributed by atoms with E-state index in [4.69, 9.17) is 4.74 Å². The Hall–Kier alpha value is -1.81. The lowest BCUT2D eigenvalue weighted by molar-refractivity contribution is -0.0217. The van der Waals surface area contributed by atoms with E-state index in [9.17, 15) is 13.2 Å². The molecule has 29 heavy (non-hydrogen) atoms. The number of hydrogen-bond donors (Lipinski definition) is 0. The first-order valence-electron chi connectivity index (χ1n) is 10.9. The topological polar surface area (TPSA) is 9.23 Å². The van der Waals surface area contributed by atoms with Crippen LogP contribution in [0.4, 0.5) is 13.2 Å². The Balaban J connectivity index is 1.76. The molecule has 2 aromatic rings. The standard InChI is InChI=1S/C25H31F3O/c1-3-5-7-17-9-11-19(22(26)15-17)20-12-13-21(25(28)24(20)27)23-14-10-18(16-29-23)8-6-4-2/h9,11-13,15,18,23H,3-8,10,14,16H2,1-2H3. The lowest BCUT2D eigenvalue weighted by Gasteiger charge is -2.29. The van der Waals surface area contributed by atoms with Gasteiger partial charge in [0, 0.05) is 16.7 Å². The molecule has 1 nitrogen and oxygen atoms in total. The first-order valence-corrected chi connectivity index (χ1v) is 10.9. The number of halogens is 3. The van der Waals surface area contributed by atoms with Gasteiger partial charge in [-0.3, -0.25) is 0 Å². The summed E-state index contributed by atoms with van der Waals surface area (Å²) in [7, 11) is 0. The van der Waals surface area contributed by atoms with Gasteiger partial charge in [0.05, 0.1) is 12.7 Å². The van der Waals surface area contributed by atoms with Crippen molar-refractivity contribution in [2.45, 2.75) is 71.3 Å². The van der Waals surface area contributed by atoms with Crippen molar-refractivity contribution in [2.75, 3.05) is 6.61 Å². The number of ether oxygens (including phenoxy) is 1. The van der Waals surface area contributed by atoms with E-state index in [1.807, 2.05) is 0 Å². The minimum Gasteiger partial charge on any atom is -0.373 e. The average molecular weight is 405 g/mol. The maximum absolute atomic E-state index is 14.8. The predicted octanol–water partition coefficient (Wildman–Crippen LogP) is 7.77. The maximum Gasteiger partial charge on any atom is 0.167 e. The molecule has 1 aliphatic heterocycles. The van der Waals surface area contributed by atoms with E-state index < -0.39 is 23.6 Å². The third-order valence-corrected chi connectivity index (χ3v) is 5.94. The minimum atomic E-state index is -1.00. The molecule has 158 valence electrons. The maximum atomic E-state index is 14.8. The van der Waals surface area contributed by atoms with E-state index in [0.717, 1.165) is 44.1 Å². The van der Waals surface area contributed by atoms with Crippen LogP contribution in [0.2, 0.25) is 0 Å². The third kappa shape index (κ3) is 5.22. The lowest BCUT2D eigenvalue weighted by Crippen LogP contribution is -2.21. The minimum absolute atomic E-state index is 0.0394. The van der Waals surface area contributed by atoms with Gasteiger partial charge in [-0.25, -0.2) is 13.2 Å². The third-order valence-electron chi connectivity index (χ3n) is 5.94. The van der Waals surface area contributed by atoms with Crippen molar-refractivity contribution in [3.05, 3.63) is 58.9 Å². The van der Waals surface area contributed by atoms with Gasteiger partial charge in [0.25, 0.3) is 0 Å². The Bertz CT molecular complexity index is 810. The van der Waals surface area contributed by atoms with Gasteiger partial charge in [-0.15, -0.1) is 0 Å². The van der Waals surface area contributed by atoms with E-state index in [2.05, 4.69) is 13.8 Å². The van der Waals surface area contributed by atoms with Gasteiger partial charge in [0.2, 0.25) is 0 Å². The Kier molecular flexibility index (Phi) is 7.77. The molecule has 1 fully saturated rings. The highest BCUT2D eigenvalue weighted by Gasteiger charge is 2.27. The SMILES string of the molecule is CCCCc1ccc(-c2ccc(C3CCC(CCCC)CO3)c(F)c2F)c(F)c1. The van der Waals surface area contributed by atoms with Crippen LogP contribution in [-0.2, 0) is 11.2 Å². The van der Waals surface area contributed by atoms with Gasteiger partial charge in [-0.1, -0.05) is 57.4 Å². The van der Waals surface area contributed by atoms with Gasteiger partial charge in [-0.2, -0.15) is 0 Å². The lowest BCUT2D eigenvalue weighted by atomic mass is 9.90. The summed E-state index contributed by atoms with van der Waals surface area (Å²) >= 11 is 0. The van der Waals surface area contributed by atoms with Crippen molar-refractivity contribution in [1.82, 2.24) is 0 Å². The zero-order valence-electron chi connectivity index (χ0n) is 17.4. The summed E-state index contributed by atoms with van der Waals surface area (Å²) in [6.45, 7) is 4.82. The van der Waals surface area contributed by atoms with Crippen LogP contribution in [0.25, 0.3) is 11.1 Å².